The molecule has 1 saturated heterocycles. The van der Waals surface area contributed by atoms with Crippen molar-refractivity contribution in [2.45, 2.75) is 0 Å². The first-order valence-electron chi connectivity index (χ1n) is 5.71. The van der Waals surface area contributed by atoms with Gasteiger partial charge in [0.1, 0.15) is 5.75 Å². The second kappa shape index (κ2) is 5.26. The molecule has 0 bridgehead atoms. The summed E-state index contributed by atoms with van der Waals surface area (Å²) >= 11 is 0. The van der Waals surface area contributed by atoms with Gasteiger partial charge in [-0.2, -0.15) is 4.99 Å². The molecule has 0 radical (unpaired) electrons. The maximum Gasteiger partial charge on any atom is 0.279 e. The largest absolute Gasteiger partial charge is 0.497 e. The average Bonchev–Trinajstić information content (AvgIpc) is 3.04. The van der Waals surface area contributed by atoms with Crippen LogP contribution in [-0.4, -0.2) is 41.3 Å². The lowest BCUT2D eigenvalue weighted by Gasteiger charge is -2.09. The van der Waals surface area contributed by atoms with Crippen molar-refractivity contribution in [3.63, 3.8) is 0 Å². The maximum absolute atomic E-state index is 12.1. The van der Waals surface area contributed by atoms with E-state index in [2.05, 4.69) is 9.98 Å². The Bertz CT molecular complexity index is 569. The molecule has 19 heavy (non-hydrogen) atoms. The van der Waals surface area contributed by atoms with Crippen LogP contribution in [0.4, 0.5) is 0 Å². The smallest absolute Gasteiger partial charge is 0.279 e. The zero-order valence-electron chi connectivity index (χ0n) is 10.2. The third kappa shape index (κ3) is 2.48. The number of nitrogens with zero attached hydrogens (tertiary/aromatic N) is 3. The van der Waals surface area contributed by atoms with E-state index >= 15 is 0 Å². The molecular formula is C12H11N3O2S2. The van der Waals surface area contributed by atoms with Crippen LogP contribution in [0.1, 0.15) is 10.4 Å². The number of methoxy groups -OCH3 is 1. The van der Waals surface area contributed by atoms with Crippen LogP contribution in [0.2, 0.25) is 0 Å². The van der Waals surface area contributed by atoms with Crippen LogP contribution in [0.3, 0.4) is 0 Å². The Kier molecular flexibility index (Phi) is 3.48. The summed E-state index contributed by atoms with van der Waals surface area (Å²) in [4.78, 5) is 22.5. The lowest BCUT2D eigenvalue weighted by Crippen LogP contribution is -2.26. The van der Waals surface area contributed by atoms with E-state index in [1.165, 1.54) is 10.8 Å². The molecule has 0 aromatic heterocycles. The van der Waals surface area contributed by atoms with Crippen molar-refractivity contribution < 1.29 is 9.53 Å². The normalized spacial score (nSPS) is 19.5. The molecule has 0 aliphatic carbocycles. The Balaban J connectivity index is 1.79. The van der Waals surface area contributed by atoms with Gasteiger partial charge in [-0.15, -0.1) is 0 Å². The number of carbonyl (C=O) groups excluding carboxylic acids is 1. The topological polar surface area (TPSA) is 54.3 Å². The first kappa shape index (κ1) is 12.6. The molecule has 2 aliphatic heterocycles. The number of carbonyl (C=O) groups is 1. The van der Waals surface area contributed by atoms with Crippen LogP contribution in [-0.2, 0) is 0 Å². The van der Waals surface area contributed by atoms with Crippen LogP contribution in [0, 0.1) is 0 Å². The monoisotopic (exact) mass is 293 g/mol. The number of hydrogen-bond acceptors (Lipinski definition) is 5. The van der Waals surface area contributed by atoms with Gasteiger partial charge in [-0.3, -0.25) is 14.7 Å². The van der Waals surface area contributed by atoms with Crippen LogP contribution in [0.15, 0.2) is 34.3 Å². The molecule has 0 atom stereocenters. The highest BCUT2D eigenvalue weighted by atomic mass is 33.1. The highest BCUT2D eigenvalue weighted by molar-refractivity contribution is 8.88. The van der Waals surface area contributed by atoms with Gasteiger partial charge in [0, 0.05) is 12.1 Å². The first-order valence-corrected chi connectivity index (χ1v) is 7.86. The average molecular weight is 293 g/mol. The Morgan fingerprint density at radius 1 is 1.37 bits per heavy atom. The van der Waals surface area contributed by atoms with Crippen LogP contribution in [0.5, 0.6) is 5.75 Å². The maximum atomic E-state index is 12.1. The molecule has 0 unspecified atom stereocenters. The minimum absolute atomic E-state index is 0.237. The van der Waals surface area contributed by atoms with E-state index in [0.717, 1.165) is 29.2 Å². The third-order valence-corrected chi connectivity index (χ3v) is 4.94. The van der Waals surface area contributed by atoms with Gasteiger partial charge in [-0.05, 0) is 45.9 Å². The molecule has 0 N–H and O–H groups in total. The van der Waals surface area contributed by atoms with Crippen molar-refractivity contribution in [1.29, 1.82) is 0 Å². The number of amides is 1. The van der Waals surface area contributed by atoms with Gasteiger partial charge in [0.05, 0.1) is 13.7 Å². The summed E-state index contributed by atoms with van der Waals surface area (Å²) in [7, 11) is 4.63. The molecule has 2 aliphatic rings. The van der Waals surface area contributed by atoms with Gasteiger partial charge in [0.15, 0.2) is 10.3 Å². The van der Waals surface area contributed by atoms with E-state index in [4.69, 9.17) is 4.74 Å². The predicted molar refractivity (Wildman–Crippen MR) is 78.9 cm³/mol. The minimum Gasteiger partial charge on any atom is -0.497 e. The number of ether oxygens (including phenoxy) is 1. The minimum atomic E-state index is -0.237. The van der Waals surface area contributed by atoms with Gasteiger partial charge >= 0.3 is 0 Å². The fourth-order valence-corrected chi connectivity index (χ4v) is 4.02. The fourth-order valence-electron chi connectivity index (χ4n) is 1.76. The summed E-state index contributed by atoms with van der Waals surface area (Å²) < 4.78 is 5.06. The van der Waals surface area contributed by atoms with Crippen molar-refractivity contribution in [3.05, 3.63) is 29.8 Å². The number of hydrogen-bond donors (Lipinski definition) is 0. The van der Waals surface area contributed by atoms with Crippen molar-refractivity contribution in [1.82, 2.24) is 4.90 Å². The highest BCUT2D eigenvalue weighted by Gasteiger charge is 2.31. The lowest BCUT2D eigenvalue weighted by atomic mass is 10.2. The number of fused-ring (bicyclic) bond motifs is 1. The summed E-state index contributed by atoms with van der Waals surface area (Å²) in [6.07, 6.45) is 0. The quantitative estimate of drug-likeness (QED) is 0.783. The molecule has 7 heteroatoms. The van der Waals surface area contributed by atoms with Gasteiger partial charge in [-0.25, -0.2) is 0 Å². The van der Waals surface area contributed by atoms with Crippen molar-refractivity contribution in [2.24, 2.45) is 9.98 Å². The Hall–Kier alpha value is -1.47. The molecule has 0 saturated carbocycles. The van der Waals surface area contributed by atoms with E-state index in [9.17, 15) is 4.79 Å². The van der Waals surface area contributed by atoms with Crippen molar-refractivity contribution in [3.8, 4) is 5.75 Å². The summed E-state index contributed by atoms with van der Waals surface area (Å²) in [5, 5.41) is 1.67. The molecule has 2 heterocycles. The van der Waals surface area contributed by atoms with Crippen molar-refractivity contribution >= 4 is 37.8 Å². The zero-order chi connectivity index (χ0) is 13.2. The highest BCUT2D eigenvalue weighted by Crippen LogP contribution is 2.38. The molecule has 1 aromatic carbocycles. The molecule has 1 fully saturated rings. The molecular weight excluding hydrogens is 282 g/mol. The van der Waals surface area contributed by atoms with Crippen LogP contribution in [0.25, 0.3) is 0 Å². The summed E-state index contributed by atoms with van der Waals surface area (Å²) in [5.74, 6) is 0.489. The van der Waals surface area contributed by atoms with Gasteiger partial charge < -0.3 is 4.74 Å². The molecule has 1 aromatic rings. The first-order chi connectivity index (χ1) is 9.28. The molecule has 5 nitrogen and oxygen atoms in total. The molecule has 98 valence electrons. The SMILES string of the molecule is COc1ccc(C(=O)/N=C2\SSC3=NCCN32)cc1. The van der Waals surface area contributed by atoms with E-state index in [1.807, 2.05) is 4.90 Å². The standard InChI is InChI=1S/C12H11N3O2S2/c1-17-9-4-2-8(3-5-9)10(16)14-12-15-7-6-13-11(15)18-19-12/h2-5H,6-7H2,1H3/b14-12-. The Morgan fingerprint density at radius 3 is 2.89 bits per heavy atom. The number of amidine groups is 2. The van der Waals surface area contributed by atoms with E-state index in [-0.39, 0.29) is 5.91 Å². The number of rotatable bonds is 2. The van der Waals surface area contributed by atoms with E-state index in [0.29, 0.717) is 5.56 Å². The molecule has 0 spiro atoms. The van der Waals surface area contributed by atoms with Gasteiger partial charge in [0.2, 0.25) is 0 Å². The summed E-state index contributed by atoms with van der Waals surface area (Å²) in [6.45, 7) is 1.59. The van der Waals surface area contributed by atoms with Crippen LogP contribution >= 0.6 is 21.6 Å². The second-order valence-electron chi connectivity index (χ2n) is 3.91. The van der Waals surface area contributed by atoms with Crippen molar-refractivity contribution in [2.75, 3.05) is 20.2 Å². The third-order valence-electron chi connectivity index (χ3n) is 2.76. The molecule has 3 rings (SSSR count). The Morgan fingerprint density at radius 2 is 2.16 bits per heavy atom. The predicted octanol–water partition coefficient (Wildman–Crippen LogP) is 2.26. The zero-order valence-corrected chi connectivity index (χ0v) is 11.8. The summed E-state index contributed by atoms with van der Waals surface area (Å²) in [5.41, 5.74) is 0.559. The number of aliphatic imine (C=N–C) groups is 2. The van der Waals surface area contributed by atoms with Gasteiger partial charge in [0.25, 0.3) is 5.91 Å². The van der Waals surface area contributed by atoms with Crippen LogP contribution < -0.4 is 4.74 Å². The second-order valence-corrected chi connectivity index (χ2v) is 5.97. The van der Waals surface area contributed by atoms with E-state index in [1.54, 1.807) is 42.2 Å². The summed E-state index contributed by atoms with van der Waals surface area (Å²) in [6, 6.07) is 6.95. The number of benzene rings is 1. The lowest BCUT2D eigenvalue weighted by molar-refractivity contribution is 0.100. The van der Waals surface area contributed by atoms with E-state index < -0.39 is 0 Å². The molecule has 1 amide bonds. The Labute approximate surface area is 118 Å². The van der Waals surface area contributed by atoms with Gasteiger partial charge in [-0.1, -0.05) is 0 Å². The fraction of sp³-hybridized carbons (Fsp3) is 0.250.